The van der Waals surface area contributed by atoms with Crippen molar-refractivity contribution < 1.29 is 9.53 Å². The van der Waals surface area contributed by atoms with Gasteiger partial charge >= 0.3 is 6.09 Å². The Balaban J connectivity index is 2.30. The molecule has 0 fully saturated rings. The largest absolute Gasteiger partial charge is 0.445 e. The van der Waals surface area contributed by atoms with E-state index < -0.39 is 6.09 Å². The highest BCUT2D eigenvalue weighted by atomic mass is 16.5. The number of nitrogens with one attached hydrogen (secondary N) is 1. The fourth-order valence-electron chi connectivity index (χ4n) is 1.12. The van der Waals surface area contributed by atoms with E-state index in [1.54, 1.807) is 0 Å². The Morgan fingerprint density at radius 1 is 1.41 bits per heavy atom. The molecule has 1 N–H and O–H groups in total. The van der Waals surface area contributed by atoms with E-state index in [0.29, 0.717) is 6.54 Å². The molecule has 1 aromatic rings. The van der Waals surface area contributed by atoms with E-state index in [9.17, 15) is 4.79 Å². The number of terminal acetylenes is 1. The van der Waals surface area contributed by atoms with Crippen LogP contribution in [0.5, 0.6) is 0 Å². The van der Waals surface area contributed by atoms with Crippen LogP contribution in [-0.4, -0.2) is 12.6 Å². The second-order valence-electron chi connectivity index (χ2n) is 4.44. The normalized spacial score (nSPS) is 10.4. The molecule has 0 aliphatic rings. The maximum absolute atomic E-state index is 11.4. The monoisotopic (exact) mass is 231 g/mol. The van der Waals surface area contributed by atoms with Crippen LogP contribution in [0, 0.1) is 17.8 Å². The van der Waals surface area contributed by atoms with E-state index in [-0.39, 0.29) is 12.0 Å². The van der Waals surface area contributed by atoms with Gasteiger partial charge in [-0.1, -0.05) is 36.3 Å². The third kappa shape index (κ3) is 5.07. The second kappa shape index (κ2) is 5.95. The smallest absolute Gasteiger partial charge is 0.407 e. The van der Waals surface area contributed by atoms with Crippen LogP contribution >= 0.6 is 0 Å². The van der Waals surface area contributed by atoms with Gasteiger partial charge in [0.05, 0.1) is 0 Å². The zero-order valence-electron chi connectivity index (χ0n) is 10.2. The van der Waals surface area contributed by atoms with Crippen LogP contribution < -0.4 is 5.32 Å². The van der Waals surface area contributed by atoms with E-state index in [2.05, 4.69) is 11.2 Å². The lowest BCUT2D eigenvalue weighted by Gasteiger charge is -2.17. The van der Waals surface area contributed by atoms with E-state index in [4.69, 9.17) is 11.2 Å². The molecule has 90 valence electrons. The summed E-state index contributed by atoms with van der Waals surface area (Å²) >= 11 is 0. The maximum atomic E-state index is 11.4. The van der Waals surface area contributed by atoms with Crippen molar-refractivity contribution in [2.75, 3.05) is 6.54 Å². The van der Waals surface area contributed by atoms with Crippen LogP contribution in [0.3, 0.4) is 0 Å². The number of carbonyl (C=O) groups is 1. The molecular formula is C14H17NO2. The highest BCUT2D eigenvalue weighted by Gasteiger charge is 2.15. The maximum Gasteiger partial charge on any atom is 0.407 e. The molecule has 3 nitrogen and oxygen atoms in total. The van der Waals surface area contributed by atoms with Gasteiger partial charge in [-0.2, -0.15) is 0 Å². The number of amides is 1. The van der Waals surface area contributed by atoms with Crippen LogP contribution in [0.4, 0.5) is 4.79 Å². The summed E-state index contributed by atoms with van der Waals surface area (Å²) in [5.41, 5.74) is 0.602. The quantitative estimate of drug-likeness (QED) is 0.809. The topological polar surface area (TPSA) is 38.3 Å². The lowest BCUT2D eigenvalue weighted by atomic mass is 9.95. The molecule has 1 amide bonds. The summed E-state index contributed by atoms with van der Waals surface area (Å²) in [5, 5.41) is 2.64. The number of alkyl carbamates (subject to hydrolysis) is 1. The lowest BCUT2D eigenvalue weighted by molar-refractivity contribution is 0.137. The molecule has 3 heteroatoms. The SMILES string of the molecule is C#CC(C)(C)CNC(=O)OCc1ccccc1. The fraction of sp³-hybridized carbons (Fsp3) is 0.357. The van der Waals surface area contributed by atoms with Crippen molar-refractivity contribution in [2.45, 2.75) is 20.5 Å². The van der Waals surface area contributed by atoms with Gasteiger partial charge in [0.1, 0.15) is 6.61 Å². The Bertz CT molecular complexity index is 404. The van der Waals surface area contributed by atoms with Crippen LogP contribution in [0.2, 0.25) is 0 Å². The van der Waals surface area contributed by atoms with Gasteiger partial charge in [-0.25, -0.2) is 4.79 Å². The number of ether oxygens (including phenoxy) is 1. The molecule has 0 unspecified atom stereocenters. The minimum atomic E-state index is -0.447. The summed E-state index contributed by atoms with van der Waals surface area (Å²) in [7, 11) is 0. The predicted octanol–water partition coefficient (Wildman–Crippen LogP) is 2.57. The number of hydrogen-bond acceptors (Lipinski definition) is 2. The molecule has 0 spiro atoms. The molecule has 0 radical (unpaired) electrons. The summed E-state index contributed by atoms with van der Waals surface area (Å²) < 4.78 is 5.05. The van der Waals surface area contributed by atoms with Gasteiger partial charge in [0.15, 0.2) is 0 Å². The first-order valence-electron chi connectivity index (χ1n) is 5.46. The lowest BCUT2D eigenvalue weighted by Crippen LogP contribution is -2.33. The molecule has 0 heterocycles. The van der Waals surface area contributed by atoms with Crippen LogP contribution in [0.1, 0.15) is 19.4 Å². The molecule has 0 aliphatic carbocycles. The van der Waals surface area contributed by atoms with Crippen LogP contribution in [0.25, 0.3) is 0 Å². The molecule has 0 saturated carbocycles. The highest BCUT2D eigenvalue weighted by molar-refractivity contribution is 5.67. The highest BCUT2D eigenvalue weighted by Crippen LogP contribution is 2.10. The molecule has 0 atom stereocenters. The third-order valence-corrected chi connectivity index (χ3v) is 2.28. The Morgan fingerprint density at radius 2 is 2.06 bits per heavy atom. The first kappa shape index (κ1) is 13.1. The predicted molar refractivity (Wildman–Crippen MR) is 67.2 cm³/mol. The molecule has 0 aliphatic heterocycles. The Hall–Kier alpha value is -1.95. The zero-order valence-corrected chi connectivity index (χ0v) is 10.2. The minimum absolute atomic E-state index is 0.267. The van der Waals surface area contributed by atoms with Crippen molar-refractivity contribution in [1.82, 2.24) is 5.32 Å². The van der Waals surface area contributed by atoms with Gasteiger partial charge in [-0.3, -0.25) is 0 Å². The zero-order chi connectivity index (χ0) is 12.7. The molecule has 1 rings (SSSR count). The van der Waals surface area contributed by atoms with Crippen molar-refractivity contribution in [3.8, 4) is 12.3 Å². The minimum Gasteiger partial charge on any atom is -0.445 e. The standard InChI is InChI=1S/C14H17NO2/c1-4-14(2,3)11-15-13(16)17-10-12-8-6-5-7-9-12/h1,5-9H,10-11H2,2-3H3,(H,15,16). The Kier molecular flexibility index (Phi) is 4.59. The van der Waals surface area contributed by atoms with Gasteiger partial charge < -0.3 is 10.1 Å². The van der Waals surface area contributed by atoms with Gasteiger partial charge in [-0.15, -0.1) is 6.42 Å². The van der Waals surface area contributed by atoms with Crippen molar-refractivity contribution in [2.24, 2.45) is 5.41 Å². The first-order chi connectivity index (χ1) is 8.03. The van der Waals surface area contributed by atoms with E-state index in [0.717, 1.165) is 5.56 Å². The summed E-state index contributed by atoms with van der Waals surface area (Å²) in [6.45, 7) is 4.43. The second-order valence-corrected chi connectivity index (χ2v) is 4.44. The van der Waals surface area contributed by atoms with Gasteiger partial charge in [0.25, 0.3) is 0 Å². The van der Waals surface area contributed by atoms with Crippen molar-refractivity contribution in [3.05, 3.63) is 35.9 Å². The van der Waals surface area contributed by atoms with E-state index in [1.165, 1.54) is 0 Å². The molecule has 17 heavy (non-hydrogen) atoms. The van der Waals surface area contributed by atoms with E-state index >= 15 is 0 Å². The Morgan fingerprint density at radius 3 is 2.65 bits per heavy atom. The van der Waals surface area contributed by atoms with Gasteiger partial charge in [-0.05, 0) is 19.4 Å². The first-order valence-corrected chi connectivity index (χ1v) is 5.46. The van der Waals surface area contributed by atoms with Crippen LogP contribution in [-0.2, 0) is 11.3 Å². The molecule has 1 aromatic carbocycles. The molecule has 0 aromatic heterocycles. The van der Waals surface area contributed by atoms with Gasteiger partial charge in [0, 0.05) is 12.0 Å². The number of hydrogen-bond donors (Lipinski definition) is 1. The van der Waals surface area contributed by atoms with Crippen molar-refractivity contribution >= 4 is 6.09 Å². The summed E-state index contributed by atoms with van der Waals surface area (Å²) in [6, 6.07) is 9.52. The van der Waals surface area contributed by atoms with Crippen molar-refractivity contribution in [1.29, 1.82) is 0 Å². The fourth-order valence-corrected chi connectivity index (χ4v) is 1.12. The summed E-state index contributed by atoms with van der Waals surface area (Å²) in [5.74, 6) is 2.60. The van der Waals surface area contributed by atoms with Crippen LogP contribution in [0.15, 0.2) is 30.3 Å². The summed E-state index contributed by atoms with van der Waals surface area (Å²) in [4.78, 5) is 11.4. The number of rotatable bonds is 4. The van der Waals surface area contributed by atoms with Gasteiger partial charge in [0.2, 0.25) is 0 Å². The molecular weight excluding hydrogens is 214 g/mol. The molecule has 0 bridgehead atoms. The van der Waals surface area contributed by atoms with E-state index in [1.807, 2.05) is 44.2 Å². The third-order valence-electron chi connectivity index (χ3n) is 2.28. The number of carbonyl (C=O) groups excluding carboxylic acids is 1. The van der Waals surface area contributed by atoms with Crippen molar-refractivity contribution in [3.63, 3.8) is 0 Å². The molecule has 0 saturated heterocycles. The average Bonchev–Trinajstić information content (AvgIpc) is 2.35. The summed E-state index contributed by atoms with van der Waals surface area (Å²) in [6.07, 6.45) is 4.87. The average molecular weight is 231 g/mol. The number of benzene rings is 1. The Labute approximate surface area is 102 Å².